The Morgan fingerprint density at radius 3 is 2.54 bits per heavy atom. The molecular weight excluding hydrogens is 369 g/mol. The van der Waals surface area contributed by atoms with Gasteiger partial charge in [-0.3, -0.25) is 0 Å². The van der Waals surface area contributed by atoms with Gasteiger partial charge in [0.15, 0.2) is 0 Å². The molecule has 0 aliphatic carbocycles. The summed E-state index contributed by atoms with van der Waals surface area (Å²) in [6.45, 7) is 0.794. The van der Waals surface area contributed by atoms with E-state index in [4.69, 9.17) is 5.10 Å². The summed E-state index contributed by atoms with van der Waals surface area (Å²) in [4.78, 5) is 2.03. The predicted octanol–water partition coefficient (Wildman–Crippen LogP) is 4.47. The van der Waals surface area contributed by atoms with Gasteiger partial charge in [-0.2, -0.15) is 5.10 Å². The quantitative estimate of drug-likeness (QED) is 0.716. The molecule has 2 aromatic carbocycles. The molecule has 28 heavy (non-hydrogen) atoms. The smallest absolute Gasteiger partial charge is 0.406 e. The lowest BCUT2D eigenvalue weighted by Gasteiger charge is -2.13. The van der Waals surface area contributed by atoms with E-state index in [0.717, 1.165) is 41.3 Å². The second-order valence-electron chi connectivity index (χ2n) is 6.75. The molecule has 2 heterocycles. The molecule has 4 rings (SSSR count). The number of halogens is 3. The average Bonchev–Trinajstić information content (AvgIpc) is 3.24. The summed E-state index contributed by atoms with van der Waals surface area (Å²) >= 11 is 0. The van der Waals surface area contributed by atoms with Gasteiger partial charge in [-0.25, -0.2) is 4.68 Å². The summed E-state index contributed by atoms with van der Waals surface area (Å²) in [6.07, 6.45) is -3.87. The molecule has 0 unspecified atom stereocenters. The first-order valence-corrected chi connectivity index (χ1v) is 8.81. The van der Waals surface area contributed by atoms with E-state index in [9.17, 15) is 13.2 Å². The van der Waals surface area contributed by atoms with Crippen molar-refractivity contribution < 1.29 is 17.9 Å². The highest BCUT2D eigenvalue weighted by molar-refractivity contribution is 5.75. The molecule has 0 fully saturated rings. The minimum absolute atomic E-state index is 0.257. The Kier molecular flexibility index (Phi) is 4.41. The molecule has 1 aliphatic rings. The number of alkyl halides is 3. The van der Waals surface area contributed by atoms with Crippen molar-refractivity contribution in [2.24, 2.45) is 0 Å². The Labute approximate surface area is 160 Å². The molecule has 0 spiro atoms. The van der Waals surface area contributed by atoms with E-state index >= 15 is 0 Å². The molecule has 0 saturated heterocycles. The summed E-state index contributed by atoms with van der Waals surface area (Å²) in [5.74, 6) is 0.613. The first-order valence-electron chi connectivity index (χ1n) is 8.81. The lowest BCUT2D eigenvalue weighted by atomic mass is 10.1. The summed E-state index contributed by atoms with van der Waals surface area (Å²) in [5.41, 5.74) is 4.71. The zero-order valence-electron chi connectivity index (χ0n) is 15.4. The number of hydrogen-bond acceptors (Lipinski definition) is 4. The Bertz CT molecular complexity index is 994. The molecule has 0 amide bonds. The van der Waals surface area contributed by atoms with Gasteiger partial charge in [0.25, 0.3) is 0 Å². The molecule has 0 atom stereocenters. The van der Waals surface area contributed by atoms with Crippen LogP contribution in [0.5, 0.6) is 5.75 Å². The third kappa shape index (κ3) is 3.49. The van der Waals surface area contributed by atoms with Crippen LogP contribution in [0.3, 0.4) is 0 Å². The van der Waals surface area contributed by atoms with Crippen LogP contribution in [0.1, 0.15) is 5.56 Å². The van der Waals surface area contributed by atoms with Crippen LogP contribution in [0, 0.1) is 0 Å². The number of hydrogen-bond donors (Lipinski definition) is 1. The zero-order chi connectivity index (χ0) is 19.9. The topological polar surface area (TPSA) is 42.3 Å². The van der Waals surface area contributed by atoms with Crippen LogP contribution in [-0.2, 0) is 6.42 Å². The number of ether oxygens (including phenoxy) is 1. The van der Waals surface area contributed by atoms with Crippen LogP contribution in [0.4, 0.5) is 24.7 Å². The van der Waals surface area contributed by atoms with Gasteiger partial charge in [-0.15, -0.1) is 13.2 Å². The van der Waals surface area contributed by atoms with Crippen molar-refractivity contribution in [1.29, 1.82) is 0 Å². The first-order chi connectivity index (χ1) is 13.3. The number of nitrogens with one attached hydrogen (secondary N) is 1. The maximum absolute atomic E-state index is 12.4. The van der Waals surface area contributed by atoms with E-state index in [1.54, 1.807) is 16.8 Å². The monoisotopic (exact) mass is 388 g/mol. The lowest BCUT2D eigenvalue weighted by molar-refractivity contribution is -0.274. The molecule has 0 saturated carbocycles. The van der Waals surface area contributed by atoms with Crippen LogP contribution >= 0.6 is 0 Å². The van der Waals surface area contributed by atoms with Crippen molar-refractivity contribution in [1.82, 2.24) is 9.78 Å². The molecule has 3 aromatic rings. The van der Waals surface area contributed by atoms with Crippen molar-refractivity contribution in [2.75, 3.05) is 30.9 Å². The fourth-order valence-corrected chi connectivity index (χ4v) is 3.31. The minimum Gasteiger partial charge on any atom is -0.406 e. The van der Waals surface area contributed by atoms with Gasteiger partial charge >= 0.3 is 6.36 Å². The SMILES string of the molecule is CN(C)c1cccc(-c2nn(-c3ccc(OC(F)(F)F)cc3)c3c2CCN3)c1. The van der Waals surface area contributed by atoms with E-state index in [2.05, 4.69) is 16.1 Å². The molecule has 1 N–H and O–H groups in total. The van der Waals surface area contributed by atoms with E-state index in [-0.39, 0.29) is 5.75 Å². The predicted molar refractivity (Wildman–Crippen MR) is 102 cm³/mol. The lowest BCUT2D eigenvalue weighted by Crippen LogP contribution is -2.17. The molecule has 0 bridgehead atoms. The molecule has 1 aromatic heterocycles. The molecule has 1 aliphatic heterocycles. The van der Waals surface area contributed by atoms with E-state index in [0.29, 0.717) is 5.69 Å². The molecule has 0 radical (unpaired) electrons. The van der Waals surface area contributed by atoms with Crippen molar-refractivity contribution in [3.05, 3.63) is 54.1 Å². The normalized spacial score (nSPS) is 13.2. The molecule has 5 nitrogen and oxygen atoms in total. The first kappa shape index (κ1) is 18.2. The van der Waals surface area contributed by atoms with Crippen molar-refractivity contribution in [3.8, 4) is 22.7 Å². The summed E-state index contributed by atoms with van der Waals surface area (Å²) in [6, 6.07) is 13.8. The third-order valence-electron chi connectivity index (χ3n) is 4.60. The number of fused-ring (bicyclic) bond motifs is 1. The van der Waals surface area contributed by atoms with Crippen molar-refractivity contribution in [2.45, 2.75) is 12.8 Å². The highest BCUT2D eigenvalue weighted by Gasteiger charge is 2.31. The van der Waals surface area contributed by atoms with Gasteiger partial charge in [0.1, 0.15) is 11.6 Å². The fourth-order valence-electron chi connectivity index (χ4n) is 3.31. The summed E-state index contributed by atoms with van der Waals surface area (Å²) in [5, 5.41) is 8.08. The molecule has 8 heteroatoms. The third-order valence-corrected chi connectivity index (χ3v) is 4.60. The van der Waals surface area contributed by atoms with Crippen LogP contribution < -0.4 is 15.0 Å². The standard InChI is InChI=1S/C20H19F3N4O/c1-26(2)15-5-3-4-13(12-15)18-17-10-11-24-19(17)27(25-18)14-6-8-16(9-7-14)28-20(21,22)23/h3-9,12,24H,10-11H2,1-2H3. The summed E-state index contributed by atoms with van der Waals surface area (Å²) < 4.78 is 42.8. The van der Waals surface area contributed by atoms with Crippen molar-refractivity contribution in [3.63, 3.8) is 0 Å². The Hall–Kier alpha value is -3.16. The number of rotatable bonds is 4. The molecular formula is C20H19F3N4O. The highest BCUT2D eigenvalue weighted by atomic mass is 19.4. The fraction of sp³-hybridized carbons (Fsp3) is 0.250. The van der Waals surface area contributed by atoms with E-state index in [1.165, 1.54) is 12.1 Å². The largest absolute Gasteiger partial charge is 0.573 e. The average molecular weight is 388 g/mol. The Balaban J connectivity index is 1.72. The highest BCUT2D eigenvalue weighted by Crippen LogP contribution is 2.36. The maximum atomic E-state index is 12.4. The van der Waals surface area contributed by atoms with Crippen LogP contribution in [-0.4, -0.2) is 36.8 Å². The van der Waals surface area contributed by atoms with Gasteiger partial charge in [0.05, 0.1) is 11.4 Å². The van der Waals surface area contributed by atoms with Crippen LogP contribution in [0.15, 0.2) is 48.5 Å². The Morgan fingerprint density at radius 1 is 1.11 bits per heavy atom. The molecule has 146 valence electrons. The zero-order valence-corrected chi connectivity index (χ0v) is 15.4. The minimum atomic E-state index is -4.71. The van der Waals surface area contributed by atoms with Gasteiger partial charge < -0.3 is 15.0 Å². The Morgan fingerprint density at radius 2 is 1.86 bits per heavy atom. The number of nitrogens with zero attached hydrogens (tertiary/aromatic N) is 3. The van der Waals surface area contributed by atoms with Crippen molar-refractivity contribution >= 4 is 11.5 Å². The van der Waals surface area contributed by atoms with Crippen LogP contribution in [0.2, 0.25) is 0 Å². The maximum Gasteiger partial charge on any atom is 0.573 e. The van der Waals surface area contributed by atoms with E-state index in [1.807, 2.05) is 37.2 Å². The van der Waals surface area contributed by atoms with Gasteiger partial charge in [0, 0.05) is 37.5 Å². The number of benzene rings is 2. The van der Waals surface area contributed by atoms with Gasteiger partial charge in [0.2, 0.25) is 0 Å². The number of anilines is 2. The van der Waals surface area contributed by atoms with Gasteiger partial charge in [-0.1, -0.05) is 12.1 Å². The van der Waals surface area contributed by atoms with Gasteiger partial charge in [-0.05, 0) is 42.8 Å². The second-order valence-corrected chi connectivity index (χ2v) is 6.75. The number of aromatic nitrogens is 2. The second kappa shape index (κ2) is 6.78. The summed E-state index contributed by atoms with van der Waals surface area (Å²) in [7, 11) is 3.96. The van der Waals surface area contributed by atoms with E-state index < -0.39 is 6.36 Å². The van der Waals surface area contributed by atoms with Crippen LogP contribution in [0.25, 0.3) is 16.9 Å².